The summed E-state index contributed by atoms with van der Waals surface area (Å²) in [7, 11) is 3.91. The summed E-state index contributed by atoms with van der Waals surface area (Å²) in [6, 6.07) is 6.78. The van der Waals surface area contributed by atoms with Crippen molar-refractivity contribution in [2.24, 2.45) is 0 Å². The van der Waals surface area contributed by atoms with Crippen LogP contribution in [0.2, 0.25) is 0 Å². The van der Waals surface area contributed by atoms with Crippen molar-refractivity contribution in [1.29, 1.82) is 0 Å². The first kappa shape index (κ1) is 15.6. The van der Waals surface area contributed by atoms with E-state index in [9.17, 15) is 9.59 Å². The fraction of sp³-hybridized carbons (Fsp3) is 0.286. The lowest BCUT2D eigenvalue weighted by Crippen LogP contribution is -2.11. The maximum absolute atomic E-state index is 11.6. The molecule has 0 saturated carbocycles. The Bertz CT molecular complexity index is 506. The summed E-state index contributed by atoms with van der Waals surface area (Å²) in [5, 5.41) is 0. The summed E-state index contributed by atoms with van der Waals surface area (Å²) in [4.78, 5) is 23.0. The lowest BCUT2D eigenvalue weighted by molar-refractivity contribution is -0.140. The van der Waals surface area contributed by atoms with Crippen molar-refractivity contribution < 1.29 is 28.5 Å². The monoisotopic (exact) mass is 280 g/mol. The summed E-state index contributed by atoms with van der Waals surface area (Å²) in [5.41, 5.74) is 0.960. The van der Waals surface area contributed by atoms with Crippen LogP contribution < -0.4 is 0 Å². The highest BCUT2D eigenvalue weighted by molar-refractivity contribution is 5.91. The number of hydrogen-bond acceptors (Lipinski definition) is 6. The molecule has 0 spiro atoms. The Morgan fingerprint density at radius 1 is 1.10 bits per heavy atom. The Balaban J connectivity index is 2.86. The topological polar surface area (TPSA) is 71.1 Å². The van der Waals surface area contributed by atoms with Gasteiger partial charge in [0.25, 0.3) is 0 Å². The highest BCUT2D eigenvalue weighted by atomic mass is 16.6. The highest BCUT2D eigenvalue weighted by Gasteiger charge is 2.15. The van der Waals surface area contributed by atoms with E-state index < -0.39 is 11.9 Å². The molecule has 0 unspecified atom stereocenters. The van der Waals surface area contributed by atoms with Crippen molar-refractivity contribution in [3.05, 3.63) is 47.4 Å². The van der Waals surface area contributed by atoms with Gasteiger partial charge >= 0.3 is 11.9 Å². The summed E-state index contributed by atoms with van der Waals surface area (Å²) in [6.07, 6.45) is 1.13. The van der Waals surface area contributed by atoms with Crippen molar-refractivity contribution in [2.45, 2.75) is 6.61 Å². The molecule has 0 aromatic heterocycles. The minimum atomic E-state index is -0.664. The van der Waals surface area contributed by atoms with Crippen LogP contribution in [-0.2, 0) is 30.3 Å². The quantitative estimate of drug-likeness (QED) is 0.448. The van der Waals surface area contributed by atoms with Crippen LogP contribution in [0.25, 0.3) is 0 Å². The smallest absolute Gasteiger partial charge is 0.376 e. The first-order valence-corrected chi connectivity index (χ1v) is 5.74. The van der Waals surface area contributed by atoms with E-state index in [1.165, 1.54) is 21.3 Å². The lowest BCUT2D eigenvalue weighted by atomic mass is 10.1. The number of carbonyl (C=O) groups is 2. The van der Waals surface area contributed by atoms with Crippen molar-refractivity contribution in [3.8, 4) is 0 Å². The molecule has 1 rings (SSSR count). The molecule has 6 nitrogen and oxygen atoms in total. The Morgan fingerprint density at radius 3 is 2.40 bits per heavy atom. The first-order chi connectivity index (χ1) is 9.63. The van der Waals surface area contributed by atoms with Gasteiger partial charge in [-0.1, -0.05) is 18.2 Å². The van der Waals surface area contributed by atoms with Gasteiger partial charge in [0, 0.05) is 5.56 Å². The molecule has 20 heavy (non-hydrogen) atoms. The molecule has 0 heterocycles. The largest absolute Gasteiger partial charge is 0.500 e. The number of esters is 2. The summed E-state index contributed by atoms with van der Waals surface area (Å²) in [5.74, 6) is -1.23. The molecule has 1 aromatic rings. The Labute approximate surface area is 116 Å². The van der Waals surface area contributed by atoms with Crippen LogP contribution in [0.5, 0.6) is 0 Å². The van der Waals surface area contributed by atoms with Crippen molar-refractivity contribution in [1.82, 2.24) is 0 Å². The van der Waals surface area contributed by atoms with Crippen molar-refractivity contribution >= 4 is 11.9 Å². The molecule has 0 amide bonds. The van der Waals surface area contributed by atoms with Crippen LogP contribution in [0.15, 0.2) is 36.3 Å². The Hall–Kier alpha value is -2.50. The van der Waals surface area contributed by atoms with Crippen LogP contribution in [0.4, 0.5) is 0 Å². The average molecular weight is 280 g/mol. The van der Waals surface area contributed by atoms with E-state index >= 15 is 0 Å². The minimum absolute atomic E-state index is 0.00949. The Morgan fingerprint density at radius 2 is 1.80 bits per heavy atom. The van der Waals surface area contributed by atoms with E-state index in [1.54, 1.807) is 24.3 Å². The average Bonchev–Trinajstić information content (AvgIpc) is 2.50. The van der Waals surface area contributed by atoms with E-state index in [1.807, 2.05) is 0 Å². The number of ether oxygens (including phenoxy) is 4. The lowest BCUT2D eigenvalue weighted by Gasteiger charge is -2.10. The summed E-state index contributed by atoms with van der Waals surface area (Å²) < 4.78 is 19.3. The van der Waals surface area contributed by atoms with Crippen LogP contribution >= 0.6 is 0 Å². The van der Waals surface area contributed by atoms with E-state index in [4.69, 9.17) is 9.47 Å². The van der Waals surface area contributed by atoms with Gasteiger partial charge in [-0.15, -0.1) is 0 Å². The molecule has 0 aliphatic heterocycles. The third kappa shape index (κ3) is 4.01. The molecule has 0 bridgehead atoms. The maximum atomic E-state index is 11.6. The first-order valence-electron chi connectivity index (χ1n) is 5.74. The van der Waals surface area contributed by atoms with E-state index in [-0.39, 0.29) is 12.4 Å². The molecule has 0 aliphatic carbocycles. The van der Waals surface area contributed by atoms with Gasteiger partial charge < -0.3 is 18.9 Å². The SMILES string of the molecule is COC=C(OCc1ccccc1C(=O)OC)C(=O)OC. The summed E-state index contributed by atoms with van der Waals surface area (Å²) >= 11 is 0. The molecular weight excluding hydrogens is 264 g/mol. The number of benzene rings is 1. The van der Waals surface area contributed by atoms with Gasteiger partial charge in [-0.2, -0.15) is 0 Å². The summed E-state index contributed by atoms with van der Waals surface area (Å²) in [6.45, 7) is 0.00949. The molecule has 6 heteroatoms. The molecule has 0 fully saturated rings. The zero-order valence-corrected chi connectivity index (χ0v) is 11.5. The standard InChI is InChI=1S/C14H16O6/c1-17-9-12(14(16)19-3)20-8-10-6-4-5-7-11(10)13(15)18-2/h4-7,9H,8H2,1-3H3. The second kappa shape index (κ2) is 7.83. The van der Waals surface area contributed by atoms with Crippen LogP contribution in [-0.4, -0.2) is 33.3 Å². The van der Waals surface area contributed by atoms with Gasteiger partial charge in [0.05, 0.1) is 26.9 Å². The van der Waals surface area contributed by atoms with Crippen LogP contribution in [0, 0.1) is 0 Å². The molecule has 0 aliphatic rings. The molecular formula is C14H16O6. The number of rotatable bonds is 6. The number of carbonyl (C=O) groups excluding carboxylic acids is 2. The van der Waals surface area contributed by atoms with Gasteiger partial charge in [-0.25, -0.2) is 9.59 Å². The third-order valence-corrected chi connectivity index (χ3v) is 2.42. The minimum Gasteiger partial charge on any atom is -0.500 e. The molecule has 0 atom stereocenters. The number of hydrogen-bond donors (Lipinski definition) is 0. The van der Waals surface area contributed by atoms with Gasteiger partial charge in [-0.3, -0.25) is 0 Å². The van der Waals surface area contributed by atoms with Crippen LogP contribution in [0.1, 0.15) is 15.9 Å². The molecule has 1 aromatic carbocycles. The Kier molecular flexibility index (Phi) is 6.09. The fourth-order valence-electron chi connectivity index (χ4n) is 1.46. The second-order valence-corrected chi connectivity index (χ2v) is 3.65. The highest BCUT2D eigenvalue weighted by Crippen LogP contribution is 2.14. The third-order valence-electron chi connectivity index (χ3n) is 2.42. The maximum Gasteiger partial charge on any atom is 0.376 e. The van der Waals surface area contributed by atoms with E-state index in [0.29, 0.717) is 11.1 Å². The predicted molar refractivity (Wildman–Crippen MR) is 69.7 cm³/mol. The zero-order valence-electron chi connectivity index (χ0n) is 11.5. The van der Waals surface area contributed by atoms with Gasteiger partial charge in [0.15, 0.2) is 0 Å². The molecule has 0 N–H and O–H groups in total. The molecule has 108 valence electrons. The molecule has 0 saturated heterocycles. The predicted octanol–water partition coefficient (Wildman–Crippen LogP) is 1.65. The van der Waals surface area contributed by atoms with Crippen molar-refractivity contribution in [3.63, 3.8) is 0 Å². The van der Waals surface area contributed by atoms with Gasteiger partial charge in [0.1, 0.15) is 12.9 Å². The zero-order chi connectivity index (χ0) is 15.0. The van der Waals surface area contributed by atoms with E-state index in [0.717, 1.165) is 6.26 Å². The molecule has 0 radical (unpaired) electrons. The second-order valence-electron chi connectivity index (χ2n) is 3.65. The van der Waals surface area contributed by atoms with Gasteiger partial charge in [0.2, 0.25) is 5.76 Å². The van der Waals surface area contributed by atoms with Gasteiger partial charge in [-0.05, 0) is 6.07 Å². The van der Waals surface area contributed by atoms with Crippen molar-refractivity contribution in [2.75, 3.05) is 21.3 Å². The van der Waals surface area contributed by atoms with E-state index in [2.05, 4.69) is 9.47 Å². The number of methoxy groups -OCH3 is 3. The fourth-order valence-corrected chi connectivity index (χ4v) is 1.46. The van der Waals surface area contributed by atoms with Crippen LogP contribution in [0.3, 0.4) is 0 Å². The normalized spacial score (nSPS) is 10.7.